The van der Waals surface area contributed by atoms with Crippen molar-refractivity contribution in [3.63, 3.8) is 0 Å². The first-order valence-electron chi connectivity index (χ1n) is 7.11. The summed E-state index contributed by atoms with van der Waals surface area (Å²) in [6, 6.07) is 0. The van der Waals surface area contributed by atoms with Crippen LogP contribution in [0.1, 0.15) is 65.0 Å². The van der Waals surface area contributed by atoms with Gasteiger partial charge in [-0.05, 0) is 25.2 Å². The van der Waals surface area contributed by atoms with Crippen LogP contribution in [-0.4, -0.2) is 15.0 Å². The number of aryl methyl sites for hydroxylation is 2. The average molecular weight is 237 g/mol. The highest BCUT2D eigenvalue weighted by atomic mass is 15.4. The third kappa shape index (κ3) is 6.44. The molecule has 0 bridgehead atoms. The minimum atomic E-state index is 0.815. The highest BCUT2D eigenvalue weighted by Crippen LogP contribution is 2.08. The van der Waals surface area contributed by atoms with Gasteiger partial charge in [-0.1, -0.05) is 51.7 Å². The Kier molecular flexibility index (Phi) is 6.90. The molecule has 0 N–H and O–H groups in total. The first-order valence-corrected chi connectivity index (χ1v) is 7.11. The van der Waals surface area contributed by atoms with Crippen LogP contribution in [0.2, 0.25) is 0 Å². The van der Waals surface area contributed by atoms with Gasteiger partial charge in [0.15, 0.2) is 0 Å². The van der Waals surface area contributed by atoms with Crippen molar-refractivity contribution in [2.24, 2.45) is 5.92 Å². The van der Waals surface area contributed by atoms with Crippen LogP contribution in [0.5, 0.6) is 0 Å². The number of hydrogen-bond donors (Lipinski definition) is 0. The SMILES string of the molecule is CCCCCc1cn(CCCCC(C)C)nn1. The molecular weight excluding hydrogens is 210 g/mol. The molecule has 0 atom stereocenters. The van der Waals surface area contributed by atoms with Gasteiger partial charge in [0.05, 0.1) is 5.69 Å². The van der Waals surface area contributed by atoms with Crippen molar-refractivity contribution in [2.45, 2.75) is 72.3 Å². The summed E-state index contributed by atoms with van der Waals surface area (Å²) < 4.78 is 2.00. The largest absolute Gasteiger partial charge is 0.252 e. The summed E-state index contributed by atoms with van der Waals surface area (Å²) in [4.78, 5) is 0. The average Bonchev–Trinajstić information content (AvgIpc) is 2.73. The van der Waals surface area contributed by atoms with Crippen LogP contribution in [0.4, 0.5) is 0 Å². The Bertz CT molecular complexity index is 291. The maximum Gasteiger partial charge on any atom is 0.0827 e. The van der Waals surface area contributed by atoms with Gasteiger partial charge in [0.2, 0.25) is 0 Å². The quantitative estimate of drug-likeness (QED) is 0.611. The molecule has 0 amide bonds. The molecule has 0 saturated heterocycles. The van der Waals surface area contributed by atoms with Crippen LogP contribution in [0.15, 0.2) is 6.20 Å². The summed E-state index contributed by atoms with van der Waals surface area (Å²) in [5.74, 6) is 0.815. The lowest BCUT2D eigenvalue weighted by atomic mass is 10.1. The van der Waals surface area contributed by atoms with Crippen LogP contribution < -0.4 is 0 Å². The first-order chi connectivity index (χ1) is 8.22. The van der Waals surface area contributed by atoms with Gasteiger partial charge in [0, 0.05) is 12.7 Å². The molecule has 1 aromatic heterocycles. The zero-order chi connectivity index (χ0) is 12.5. The summed E-state index contributed by atoms with van der Waals surface area (Å²) in [7, 11) is 0. The van der Waals surface area contributed by atoms with Crippen molar-refractivity contribution < 1.29 is 0 Å². The van der Waals surface area contributed by atoms with E-state index in [1.807, 2.05) is 4.68 Å². The second-order valence-corrected chi connectivity index (χ2v) is 5.32. The van der Waals surface area contributed by atoms with Gasteiger partial charge >= 0.3 is 0 Å². The predicted molar refractivity (Wildman–Crippen MR) is 71.9 cm³/mol. The standard InChI is InChI=1S/C14H27N3/c1-4-5-6-10-14-12-17(16-15-14)11-8-7-9-13(2)3/h12-13H,4-11H2,1-3H3. The van der Waals surface area contributed by atoms with Crippen molar-refractivity contribution in [2.75, 3.05) is 0 Å². The molecule has 1 rings (SSSR count). The number of nitrogens with zero attached hydrogens (tertiary/aromatic N) is 3. The molecule has 17 heavy (non-hydrogen) atoms. The predicted octanol–water partition coefficient (Wildman–Crippen LogP) is 3.84. The number of aromatic nitrogens is 3. The van der Waals surface area contributed by atoms with Crippen molar-refractivity contribution in [3.8, 4) is 0 Å². The Hall–Kier alpha value is -0.860. The Morgan fingerprint density at radius 1 is 1.18 bits per heavy atom. The van der Waals surface area contributed by atoms with Crippen molar-refractivity contribution >= 4 is 0 Å². The summed E-state index contributed by atoms with van der Waals surface area (Å²) in [6.45, 7) is 7.81. The molecule has 1 heterocycles. The third-order valence-corrected chi connectivity index (χ3v) is 3.04. The molecule has 0 aliphatic carbocycles. The van der Waals surface area contributed by atoms with Gasteiger partial charge in [-0.3, -0.25) is 4.68 Å². The van der Waals surface area contributed by atoms with E-state index in [0.29, 0.717) is 0 Å². The smallest absolute Gasteiger partial charge is 0.0827 e. The van der Waals surface area contributed by atoms with Crippen molar-refractivity contribution in [1.29, 1.82) is 0 Å². The monoisotopic (exact) mass is 237 g/mol. The highest BCUT2D eigenvalue weighted by molar-refractivity contribution is 4.92. The summed E-state index contributed by atoms with van der Waals surface area (Å²) in [5.41, 5.74) is 1.15. The molecule has 3 heteroatoms. The van der Waals surface area contributed by atoms with Gasteiger partial charge < -0.3 is 0 Å². The maximum atomic E-state index is 4.21. The third-order valence-electron chi connectivity index (χ3n) is 3.04. The Labute approximate surface area is 106 Å². The Morgan fingerprint density at radius 2 is 2.00 bits per heavy atom. The van der Waals surface area contributed by atoms with Crippen LogP contribution in [0, 0.1) is 5.92 Å². The molecular formula is C14H27N3. The fourth-order valence-corrected chi connectivity index (χ4v) is 1.94. The zero-order valence-corrected chi connectivity index (χ0v) is 11.7. The Morgan fingerprint density at radius 3 is 2.71 bits per heavy atom. The topological polar surface area (TPSA) is 30.7 Å². The number of rotatable bonds is 9. The number of unbranched alkanes of at least 4 members (excludes halogenated alkanes) is 3. The van der Waals surface area contributed by atoms with E-state index in [2.05, 4.69) is 37.3 Å². The van der Waals surface area contributed by atoms with Crippen molar-refractivity contribution in [1.82, 2.24) is 15.0 Å². The van der Waals surface area contributed by atoms with Crippen molar-refractivity contribution in [3.05, 3.63) is 11.9 Å². The molecule has 0 fully saturated rings. The molecule has 0 aromatic carbocycles. The van der Waals surface area contributed by atoms with Crippen LogP contribution in [0.25, 0.3) is 0 Å². The zero-order valence-electron chi connectivity index (χ0n) is 11.7. The van der Waals surface area contributed by atoms with E-state index in [1.54, 1.807) is 0 Å². The van der Waals surface area contributed by atoms with E-state index in [0.717, 1.165) is 24.6 Å². The molecule has 1 aromatic rings. The maximum absolute atomic E-state index is 4.21. The fraction of sp³-hybridized carbons (Fsp3) is 0.857. The second-order valence-electron chi connectivity index (χ2n) is 5.32. The molecule has 0 saturated carbocycles. The molecule has 0 radical (unpaired) electrons. The minimum Gasteiger partial charge on any atom is -0.252 e. The van der Waals surface area contributed by atoms with Crippen LogP contribution in [0.3, 0.4) is 0 Å². The van der Waals surface area contributed by atoms with E-state index < -0.39 is 0 Å². The number of hydrogen-bond acceptors (Lipinski definition) is 2. The molecule has 0 aliphatic rings. The lowest BCUT2D eigenvalue weighted by molar-refractivity contribution is 0.485. The van der Waals surface area contributed by atoms with E-state index >= 15 is 0 Å². The van der Waals surface area contributed by atoms with Gasteiger partial charge in [-0.25, -0.2) is 0 Å². The van der Waals surface area contributed by atoms with E-state index in [1.165, 1.54) is 38.5 Å². The van der Waals surface area contributed by atoms with E-state index in [9.17, 15) is 0 Å². The van der Waals surface area contributed by atoms with Gasteiger partial charge in [0.25, 0.3) is 0 Å². The highest BCUT2D eigenvalue weighted by Gasteiger charge is 2.01. The summed E-state index contributed by atoms with van der Waals surface area (Å²) >= 11 is 0. The molecule has 3 nitrogen and oxygen atoms in total. The van der Waals surface area contributed by atoms with Gasteiger partial charge in [0.1, 0.15) is 0 Å². The van der Waals surface area contributed by atoms with E-state index in [-0.39, 0.29) is 0 Å². The normalized spacial score (nSPS) is 11.3. The Balaban J connectivity index is 2.16. The lowest BCUT2D eigenvalue weighted by Gasteiger charge is -2.03. The summed E-state index contributed by atoms with van der Waals surface area (Å²) in [6.07, 6.45) is 10.8. The van der Waals surface area contributed by atoms with Crippen LogP contribution in [-0.2, 0) is 13.0 Å². The van der Waals surface area contributed by atoms with Gasteiger partial charge in [-0.15, -0.1) is 5.10 Å². The second kappa shape index (κ2) is 8.26. The first kappa shape index (κ1) is 14.2. The summed E-state index contributed by atoms with van der Waals surface area (Å²) in [5, 5.41) is 8.39. The minimum absolute atomic E-state index is 0.815. The molecule has 0 aliphatic heterocycles. The van der Waals surface area contributed by atoms with Crippen LogP contribution >= 0.6 is 0 Å². The van der Waals surface area contributed by atoms with E-state index in [4.69, 9.17) is 0 Å². The molecule has 98 valence electrons. The lowest BCUT2D eigenvalue weighted by Crippen LogP contribution is -1.99. The molecule has 0 unspecified atom stereocenters. The van der Waals surface area contributed by atoms with Gasteiger partial charge in [-0.2, -0.15) is 0 Å². The fourth-order valence-electron chi connectivity index (χ4n) is 1.94. The molecule has 0 spiro atoms.